The van der Waals surface area contributed by atoms with Gasteiger partial charge in [-0.3, -0.25) is 4.79 Å². The minimum Gasteiger partial charge on any atom is -0.497 e. The largest absolute Gasteiger partial charge is 0.497 e. The maximum atomic E-state index is 12.4. The first-order chi connectivity index (χ1) is 13.7. The van der Waals surface area contributed by atoms with E-state index in [9.17, 15) is 4.79 Å². The maximum Gasteiger partial charge on any atom is 0.231 e. The second-order valence-corrected chi connectivity index (χ2v) is 7.53. The van der Waals surface area contributed by atoms with Gasteiger partial charge in [0.25, 0.3) is 0 Å². The van der Waals surface area contributed by atoms with E-state index in [1.165, 1.54) is 16.8 Å². The van der Waals surface area contributed by atoms with E-state index in [1.807, 2.05) is 12.1 Å². The molecule has 0 saturated carbocycles. The molecule has 3 heterocycles. The van der Waals surface area contributed by atoms with Gasteiger partial charge in [0, 0.05) is 37.3 Å². The van der Waals surface area contributed by atoms with Crippen molar-refractivity contribution < 1.29 is 19.0 Å². The number of rotatable bonds is 4. The summed E-state index contributed by atoms with van der Waals surface area (Å²) in [6, 6.07) is 12.5. The number of hydrogen-bond donors (Lipinski definition) is 0. The smallest absolute Gasteiger partial charge is 0.231 e. The van der Waals surface area contributed by atoms with Crippen molar-refractivity contribution in [2.24, 2.45) is 0 Å². The number of hydrogen-bond acceptors (Lipinski definition) is 5. The van der Waals surface area contributed by atoms with Crippen molar-refractivity contribution in [1.82, 2.24) is 4.90 Å². The molecule has 0 aliphatic carbocycles. The Hall–Kier alpha value is -2.89. The molecule has 1 atom stereocenters. The van der Waals surface area contributed by atoms with Crippen LogP contribution in [0.4, 0.5) is 5.69 Å². The van der Waals surface area contributed by atoms with Crippen LogP contribution < -0.4 is 19.1 Å². The molecule has 2 aromatic rings. The Morgan fingerprint density at radius 3 is 2.82 bits per heavy atom. The summed E-state index contributed by atoms with van der Waals surface area (Å²) in [4.78, 5) is 16.8. The molecule has 0 bridgehead atoms. The number of nitrogens with zero attached hydrogens (tertiary/aromatic N) is 2. The van der Waals surface area contributed by atoms with Crippen LogP contribution in [0.5, 0.6) is 17.2 Å². The third kappa shape index (κ3) is 2.93. The summed E-state index contributed by atoms with van der Waals surface area (Å²) in [5.41, 5.74) is 3.54. The fourth-order valence-electron chi connectivity index (χ4n) is 4.51. The van der Waals surface area contributed by atoms with Gasteiger partial charge in [0.2, 0.25) is 12.7 Å². The number of anilines is 1. The first-order valence-electron chi connectivity index (χ1n) is 9.84. The SMILES string of the molecule is COc1ccc2c(c1)C(N1CCCC1=O)CCN2Cc1ccc2c(c1)OCO2. The molecule has 0 aromatic heterocycles. The van der Waals surface area contributed by atoms with E-state index in [4.69, 9.17) is 14.2 Å². The highest BCUT2D eigenvalue weighted by Crippen LogP contribution is 2.42. The average molecular weight is 380 g/mol. The summed E-state index contributed by atoms with van der Waals surface area (Å²) in [5, 5.41) is 0. The first kappa shape index (κ1) is 17.2. The van der Waals surface area contributed by atoms with Crippen LogP contribution >= 0.6 is 0 Å². The van der Waals surface area contributed by atoms with Gasteiger partial charge in [0.05, 0.1) is 13.2 Å². The highest BCUT2D eigenvalue weighted by atomic mass is 16.7. The lowest BCUT2D eigenvalue weighted by atomic mass is 9.94. The summed E-state index contributed by atoms with van der Waals surface area (Å²) >= 11 is 0. The van der Waals surface area contributed by atoms with Crippen LogP contribution in [-0.2, 0) is 11.3 Å². The molecule has 2 aromatic carbocycles. The topological polar surface area (TPSA) is 51.2 Å². The Morgan fingerprint density at radius 2 is 2.00 bits per heavy atom. The quantitative estimate of drug-likeness (QED) is 0.813. The van der Waals surface area contributed by atoms with E-state index in [0.717, 1.165) is 49.7 Å². The van der Waals surface area contributed by atoms with Gasteiger partial charge in [-0.1, -0.05) is 6.07 Å². The molecular weight excluding hydrogens is 356 g/mol. The molecular formula is C22H24N2O4. The predicted molar refractivity (Wildman–Crippen MR) is 105 cm³/mol. The molecule has 28 heavy (non-hydrogen) atoms. The fourth-order valence-corrected chi connectivity index (χ4v) is 4.51. The van der Waals surface area contributed by atoms with Crippen molar-refractivity contribution in [2.45, 2.75) is 31.8 Å². The van der Waals surface area contributed by atoms with Crippen LogP contribution in [0.15, 0.2) is 36.4 Å². The van der Waals surface area contributed by atoms with Gasteiger partial charge in [-0.2, -0.15) is 0 Å². The lowest BCUT2D eigenvalue weighted by Gasteiger charge is -2.39. The summed E-state index contributed by atoms with van der Waals surface area (Å²) < 4.78 is 16.4. The Labute approximate surface area is 164 Å². The number of fused-ring (bicyclic) bond motifs is 2. The van der Waals surface area contributed by atoms with E-state index in [-0.39, 0.29) is 18.7 Å². The standard InChI is InChI=1S/C22H24N2O4/c1-26-16-5-6-18-17(12-16)19(24-9-2-3-22(24)25)8-10-23(18)13-15-4-7-20-21(11-15)28-14-27-20/h4-7,11-12,19H,2-3,8-10,13-14H2,1H3. The Kier molecular flexibility index (Phi) is 4.26. The molecule has 1 fully saturated rings. The maximum absolute atomic E-state index is 12.4. The van der Waals surface area contributed by atoms with Crippen LogP contribution in [0, 0.1) is 0 Å². The molecule has 1 unspecified atom stereocenters. The zero-order valence-electron chi connectivity index (χ0n) is 16.0. The molecule has 1 saturated heterocycles. The van der Waals surface area contributed by atoms with E-state index in [1.54, 1.807) is 7.11 Å². The summed E-state index contributed by atoms with van der Waals surface area (Å²) in [7, 11) is 1.69. The minimum atomic E-state index is 0.133. The number of amides is 1. The van der Waals surface area contributed by atoms with Gasteiger partial charge in [-0.05, 0) is 48.7 Å². The minimum absolute atomic E-state index is 0.133. The third-order valence-corrected chi connectivity index (χ3v) is 5.90. The summed E-state index contributed by atoms with van der Waals surface area (Å²) in [6.45, 7) is 2.83. The van der Waals surface area contributed by atoms with Gasteiger partial charge in [0.15, 0.2) is 11.5 Å². The average Bonchev–Trinajstić information content (AvgIpc) is 3.36. The van der Waals surface area contributed by atoms with Crippen LogP contribution in [-0.4, -0.2) is 37.8 Å². The molecule has 146 valence electrons. The second kappa shape index (κ2) is 6.93. The highest BCUT2D eigenvalue weighted by molar-refractivity contribution is 5.79. The van der Waals surface area contributed by atoms with Crippen LogP contribution in [0.1, 0.15) is 36.4 Å². The molecule has 0 N–H and O–H groups in total. The molecule has 3 aliphatic rings. The van der Waals surface area contributed by atoms with E-state index < -0.39 is 0 Å². The molecule has 3 aliphatic heterocycles. The molecule has 0 radical (unpaired) electrons. The van der Waals surface area contributed by atoms with Crippen molar-refractivity contribution in [2.75, 3.05) is 31.9 Å². The van der Waals surface area contributed by atoms with Crippen LogP contribution in [0.3, 0.4) is 0 Å². The fraction of sp³-hybridized carbons (Fsp3) is 0.409. The van der Waals surface area contributed by atoms with Crippen LogP contribution in [0.25, 0.3) is 0 Å². The number of benzene rings is 2. The summed E-state index contributed by atoms with van der Waals surface area (Å²) in [6.07, 6.45) is 2.54. The number of carbonyl (C=O) groups is 1. The van der Waals surface area contributed by atoms with Gasteiger partial charge in [-0.15, -0.1) is 0 Å². The Bertz CT molecular complexity index is 913. The van der Waals surface area contributed by atoms with E-state index in [0.29, 0.717) is 6.42 Å². The summed E-state index contributed by atoms with van der Waals surface area (Å²) in [5.74, 6) is 2.72. The lowest BCUT2D eigenvalue weighted by Crippen LogP contribution is -2.38. The van der Waals surface area contributed by atoms with E-state index >= 15 is 0 Å². The van der Waals surface area contributed by atoms with Gasteiger partial charge in [-0.25, -0.2) is 0 Å². The number of ether oxygens (including phenoxy) is 3. The van der Waals surface area contributed by atoms with Gasteiger partial charge >= 0.3 is 0 Å². The Balaban J connectivity index is 1.46. The molecule has 1 amide bonds. The monoisotopic (exact) mass is 380 g/mol. The molecule has 0 spiro atoms. The molecule has 6 heteroatoms. The van der Waals surface area contributed by atoms with Gasteiger partial charge in [0.1, 0.15) is 5.75 Å². The van der Waals surface area contributed by atoms with Crippen molar-refractivity contribution in [3.63, 3.8) is 0 Å². The zero-order valence-corrected chi connectivity index (χ0v) is 16.0. The number of methoxy groups -OCH3 is 1. The Morgan fingerprint density at radius 1 is 1.11 bits per heavy atom. The van der Waals surface area contributed by atoms with Gasteiger partial charge < -0.3 is 24.0 Å². The normalized spacial score (nSPS) is 20.5. The zero-order chi connectivity index (χ0) is 19.1. The lowest BCUT2D eigenvalue weighted by molar-refractivity contribution is -0.130. The third-order valence-electron chi connectivity index (χ3n) is 5.90. The molecule has 6 nitrogen and oxygen atoms in total. The van der Waals surface area contributed by atoms with Crippen molar-refractivity contribution >= 4 is 11.6 Å². The predicted octanol–water partition coefficient (Wildman–Crippen LogP) is 3.50. The highest BCUT2D eigenvalue weighted by Gasteiger charge is 2.34. The number of carbonyl (C=O) groups excluding carboxylic acids is 1. The number of likely N-dealkylation sites (tertiary alicyclic amines) is 1. The first-order valence-corrected chi connectivity index (χ1v) is 9.84. The second-order valence-electron chi connectivity index (χ2n) is 7.53. The van der Waals surface area contributed by atoms with Crippen molar-refractivity contribution in [1.29, 1.82) is 0 Å². The van der Waals surface area contributed by atoms with Crippen molar-refractivity contribution in [3.05, 3.63) is 47.5 Å². The molecule has 5 rings (SSSR count). The van der Waals surface area contributed by atoms with E-state index in [2.05, 4.69) is 34.1 Å². The van der Waals surface area contributed by atoms with Crippen molar-refractivity contribution in [3.8, 4) is 17.2 Å². The van der Waals surface area contributed by atoms with Crippen LogP contribution in [0.2, 0.25) is 0 Å².